The van der Waals surface area contributed by atoms with Gasteiger partial charge in [0.1, 0.15) is 12.4 Å². The zero-order valence-corrected chi connectivity index (χ0v) is 16.9. The smallest absolute Gasteiger partial charge is 0.252 e. The summed E-state index contributed by atoms with van der Waals surface area (Å²) >= 11 is 5.77. The van der Waals surface area contributed by atoms with Crippen LogP contribution in [0.25, 0.3) is 0 Å². The molecular weight excluding hydrogens is 397 g/mol. The third kappa shape index (κ3) is 3.31. The summed E-state index contributed by atoms with van der Waals surface area (Å²) in [4.78, 5) is 31.5. The van der Waals surface area contributed by atoms with Crippen molar-refractivity contribution < 1.29 is 14.0 Å². The van der Waals surface area contributed by atoms with Crippen LogP contribution in [0, 0.1) is 5.82 Å². The van der Waals surface area contributed by atoms with Crippen LogP contribution in [0.3, 0.4) is 0 Å². The van der Waals surface area contributed by atoms with Gasteiger partial charge in [-0.15, -0.1) is 5.10 Å². The highest BCUT2D eigenvalue weighted by Gasteiger charge is 2.60. The Balaban J connectivity index is 1.65. The predicted molar refractivity (Wildman–Crippen MR) is 106 cm³/mol. The fourth-order valence-corrected chi connectivity index (χ4v) is 4.03. The molecule has 9 heteroatoms. The molecule has 3 heterocycles. The second-order valence-electron chi connectivity index (χ2n) is 7.72. The number of aromatic nitrogens is 2. The van der Waals surface area contributed by atoms with E-state index in [1.54, 1.807) is 28.1 Å². The van der Waals surface area contributed by atoms with E-state index in [1.807, 2.05) is 24.8 Å². The lowest BCUT2D eigenvalue weighted by atomic mass is 9.82. The Morgan fingerprint density at radius 3 is 2.62 bits per heavy atom. The van der Waals surface area contributed by atoms with E-state index in [-0.39, 0.29) is 36.0 Å². The molecular formula is C20H21ClFN5O2. The van der Waals surface area contributed by atoms with Crippen molar-refractivity contribution in [2.45, 2.75) is 32.0 Å². The number of amides is 2. The molecule has 1 aromatic heterocycles. The molecule has 0 aliphatic carbocycles. The molecule has 0 N–H and O–H groups in total. The minimum absolute atomic E-state index is 0.0134. The standard InChI is InChI=1S/C20H21ClFN5O2/c1-13(2)26-10-18(28)27(9-14-5-6-15(21)16(22)8-14)20(19(26)29)11-25(12-20)17-4-3-7-23-24-17/h3-8,13H,9-12H2,1-2H3. The zero-order chi connectivity index (χ0) is 20.8. The second-order valence-corrected chi connectivity index (χ2v) is 8.13. The number of halogens is 2. The molecule has 2 aliphatic rings. The van der Waals surface area contributed by atoms with Crippen LogP contribution in [0.5, 0.6) is 0 Å². The van der Waals surface area contributed by atoms with E-state index >= 15 is 0 Å². The predicted octanol–water partition coefficient (Wildman–Crippen LogP) is 2.11. The van der Waals surface area contributed by atoms with E-state index in [2.05, 4.69) is 10.2 Å². The Bertz CT molecular complexity index is 949. The van der Waals surface area contributed by atoms with Gasteiger partial charge in [0, 0.05) is 18.8 Å². The zero-order valence-electron chi connectivity index (χ0n) is 16.2. The van der Waals surface area contributed by atoms with Crippen molar-refractivity contribution in [3.05, 3.63) is 52.9 Å². The van der Waals surface area contributed by atoms with Gasteiger partial charge in [-0.05, 0) is 43.7 Å². The van der Waals surface area contributed by atoms with Crippen LogP contribution in [0.15, 0.2) is 36.5 Å². The van der Waals surface area contributed by atoms with Gasteiger partial charge in [-0.25, -0.2) is 4.39 Å². The van der Waals surface area contributed by atoms with E-state index in [4.69, 9.17) is 11.6 Å². The van der Waals surface area contributed by atoms with E-state index in [0.29, 0.717) is 24.5 Å². The first kappa shape index (κ1) is 19.6. The Labute approximate surface area is 173 Å². The fraction of sp³-hybridized carbons (Fsp3) is 0.400. The molecule has 4 rings (SSSR count). The maximum atomic E-state index is 13.9. The van der Waals surface area contributed by atoms with Gasteiger partial charge >= 0.3 is 0 Å². The van der Waals surface area contributed by atoms with E-state index in [0.717, 1.165) is 0 Å². The number of benzene rings is 1. The van der Waals surface area contributed by atoms with E-state index < -0.39 is 11.4 Å². The molecule has 2 amide bonds. The lowest BCUT2D eigenvalue weighted by Crippen LogP contribution is -2.81. The van der Waals surface area contributed by atoms with Crippen LogP contribution >= 0.6 is 11.6 Å². The summed E-state index contributed by atoms with van der Waals surface area (Å²) in [6.45, 7) is 4.56. The topological polar surface area (TPSA) is 69.6 Å². The normalized spacial score (nSPS) is 18.6. The Morgan fingerprint density at radius 2 is 2.00 bits per heavy atom. The van der Waals surface area contributed by atoms with Crippen LogP contribution in [-0.2, 0) is 16.1 Å². The lowest BCUT2D eigenvalue weighted by Gasteiger charge is -2.58. The van der Waals surface area contributed by atoms with Gasteiger partial charge in [-0.3, -0.25) is 9.59 Å². The first-order chi connectivity index (χ1) is 13.8. The largest absolute Gasteiger partial charge is 0.349 e. The Morgan fingerprint density at radius 1 is 1.24 bits per heavy atom. The van der Waals surface area contributed by atoms with Crippen LogP contribution in [0.2, 0.25) is 5.02 Å². The maximum absolute atomic E-state index is 13.9. The van der Waals surface area contributed by atoms with Crippen molar-refractivity contribution in [3.8, 4) is 0 Å². The molecule has 2 fully saturated rings. The van der Waals surface area contributed by atoms with Gasteiger partial charge in [0.05, 0.1) is 18.1 Å². The van der Waals surface area contributed by atoms with Gasteiger partial charge in [0.15, 0.2) is 11.4 Å². The monoisotopic (exact) mass is 417 g/mol. The highest BCUT2D eigenvalue weighted by Crippen LogP contribution is 2.37. The maximum Gasteiger partial charge on any atom is 0.252 e. The van der Waals surface area contributed by atoms with Crippen molar-refractivity contribution in [2.24, 2.45) is 0 Å². The molecule has 1 spiro atoms. The molecule has 0 bridgehead atoms. The quantitative estimate of drug-likeness (QED) is 0.762. The third-order valence-electron chi connectivity index (χ3n) is 5.52. The summed E-state index contributed by atoms with van der Waals surface area (Å²) in [5.41, 5.74) is -0.420. The summed E-state index contributed by atoms with van der Waals surface area (Å²) in [5.74, 6) is -0.153. The number of hydrogen-bond donors (Lipinski definition) is 0. The van der Waals surface area contributed by atoms with Crippen LogP contribution in [0.1, 0.15) is 19.4 Å². The van der Waals surface area contributed by atoms with Crippen molar-refractivity contribution in [3.63, 3.8) is 0 Å². The highest BCUT2D eigenvalue weighted by molar-refractivity contribution is 6.30. The van der Waals surface area contributed by atoms with Gasteiger partial charge in [-0.1, -0.05) is 17.7 Å². The first-order valence-corrected chi connectivity index (χ1v) is 9.78. The summed E-state index contributed by atoms with van der Waals surface area (Å²) in [6.07, 6.45) is 1.58. The van der Waals surface area contributed by atoms with Crippen LogP contribution in [0.4, 0.5) is 10.2 Å². The molecule has 29 heavy (non-hydrogen) atoms. The molecule has 0 unspecified atom stereocenters. The summed E-state index contributed by atoms with van der Waals surface area (Å²) < 4.78 is 13.9. The lowest BCUT2D eigenvalue weighted by molar-refractivity contribution is -0.170. The molecule has 0 saturated carbocycles. The van der Waals surface area contributed by atoms with Crippen LogP contribution < -0.4 is 4.90 Å². The molecule has 2 saturated heterocycles. The number of anilines is 1. The molecule has 0 radical (unpaired) electrons. The summed E-state index contributed by atoms with van der Waals surface area (Å²) in [7, 11) is 0. The van der Waals surface area contributed by atoms with Gasteiger partial charge < -0.3 is 14.7 Å². The fourth-order valence-electron chi connectivity index (χ4n) is 3.92. The summed E-state index contributed by atoms with van der Waals surface area (Å²) in [5, 5.41) is 7.99. The summed E-state index contributed by atoms with van der Waals surface area (Å²) in [6, 6.07) is 7.93. The number of nitrogens with zero attached hydrogens (tertiary/aromatic N) is 5. The molecule has 1 aromatic carbocycles. The van der Waals surface area contributed by atoms with Crippen LogP contribution in [-0.4, -0.2) is 63.0 Å². The molecule has 152 valence electrons. The van der Waals surface area contributed by atoms with Crippen molar-refractivity contribution in [1.82, 2.24) is 20.0 Å². The minimum atomic E-state index is -1.01. The minimum Gasteiger partial charge on any atom is -0.349 e. The Kier molecular flexibility index (Phi) is 4.90. The van der Waals surface area contributed by atoms with E-state index in [9.17, 15) is 14.0 Å². The van der Waals surface area contributed by atoms with E-state index in [1.165, 1.54) is 12.1 Å². The number of carbonyl (C=O) groups is 2. The molecule has 2 aliphatic heterocycles. The number of piperazine rings is 1. The first-order valence-electron chi connectivity index (χ1n) is 9.40. The van der Waals surface area contributed by atoms with Crippen molar-refractivity contribution >= 4 is 29.2 Å². The van der Waals surface area contributed by atoms with Crippen molar-refractivity contribution in [1.29, 1.82) is 0 Å². The molecule has 2 aromatic rings. The van der Waals surface area contributed by atoms with Gasteiger partial charge in [-0.2, -0.15) is 5.10 Å². The highest BCUT2D eigenvalue weighted by atomic mass is 35.5. The number of hydrogen-bond acceptors (Lipinski definition) is 5. The second kappa shape index (κ2) is 7.26. The van der Waals surface area contributed by atoms with Gasteiger partial charge in [0.25, 0.3) is 5.91 Å². The third-order valence-corrected chi connectivity index (χ3v) is 5.82. The van der Waals surface area contributed by atoms with Gasteiger partial charge in [0.2, 0.25) is 5.91 Å². The Hall–Kier alpha value is -2.74. The molecule has 7 nitrogen and oxygen atoms in total. The SMILES string of the molecule is CC(C)N1CC(=O)N(Cc2ccc(Cl)c(F)c2)C2(CN(c3cccnn3)C2)C1=O. The number of carbonyl (C=O) groups excluding carboxylic acids is 2. The van der Waals surface area contributed by atoms with Crippen molar-refractivity contribution in [2.75, 3.05) is 24.5 Å². The average Bonchev–Trinajstić information content (AvgIpc) is 2.66. The average molecular weight is 418 g/mol. The molecule has 0 atom stereocenters. The number of rotatable bonds is 4.